The van der Waals surface area contributed by atoms with Crippen molar-refractivity contribution in [3.63, 3.8) is 0 Å². The molecule has 0 aromatic rings. The molecule has 27 heavy (non-hydrogen) atoms. The van der Waals surface area contributed by atoms with Crippen molar-refractivity contribution in [2.24, 2.45) is 11.8 Å². The Hall–Kier alpha value is -2.12. The van der Waals surface area contributed by atoms with Crippen molar-refractivity contribution in [1.82, 2.24) is 20.4 Å². The van der Waals surface area contributed by atoms with Gasteiger partial charge in [0.05, 0.1) is 0 Å². The molecule has 1 aliphatic carbocycles. The van der Waals surface area contributed by atoms with Gasteiger partial charge in [-0.1, -0.05) is 6.92 Å². The second-order valence-electron chi connectivity index (χ2n) is 8.35. The number of piperidine rings is 1. The molecule has 8 heteroatoms. The largest absolute Gasteiger partial charge is 0.356 e. The van der Waals surface area contributed by atoms with Crippen LogP contribution >= 0.6 is 0 Å². The van der Waals surface area contributed by atoms with Crippen LogP contribution in [0.3, 0.4) is 0 Å². The number of amides is 5. The number of imide groups is 1. The van der Waals surface area contributed by atoms with Crippen molar-refractivity contribution in [1.29, 1.82) is 0 Å². The highest BCUT2D eigenvalue weighted by Crippen LogP contribution is 2.36. The molecule has 0 aromatic carbocycles. The van der Waals surface area contributed by atoms with E-state index in [2.05, 4.69) is 17.6 Å². The Morgan fingerprint density at radius 2 is 1.78 bits per heavy atom. The molecule has 150 valence electrons. The van der Waals surface area contributed by atoms with Gasteiger partial charge in [-0.15, -0.1) is 0 Å². The number of nitrogens with one attached hydrogen (secondary N) is 2. The van der Waals surface area contributed by atoms with E-state index in [9.17, 15) is 19.2 Å². The fourth-order valence-electron chi connectivity index (χ4n) is 4.32. The average Bonchev–Trinajstić information content (AvgIpc) is 2.87. The molecule has 2 saturated heterocycles. The van der Waals surface area contributed by atoms with Gasteiger partial charge in [-0.2, -0.15) is 0 Å². The molecule has 0 bridgehead atoms. The Morgan fingerprint density at radius 1 is 1.15 bits per heavy atom. The molecule has 3 fully saturated rings. The number of rotatable bonds is 4. The van der Waals surface area contributed by atoms with Gasteiger partial charge in [-0.3, -0.25) is 19.3 Å². The molecule has 1 spiro atoms. The summed E-state index contributed by atoms with van der Waals surface area (Å²) >= 11 is 0. The van der Waals surface area contributed by atoms with E-state index in [-0.39, 0.29) is 24.3 Å². The number of urea groups is 1. The summed E-state index contributed by atoms with van der Waals surface area (Å²) in [4.78, 5) is 51.6. The summed E-state index contributed by atoms with van der Waals surface area (Å²) in [5, 5.41) is 5.68. The molecule has 2 aliphatic heterocycles. The minimum absolute atomic E-state index is 0.0434. The van der Waals surface area contributed by atoms with Crippen LogP contribution in [0.5, 0.6) is 0 Å². The lowest BCUT2D eigenvalue weighted by Gasteiger charge is -2.34. The molecule has 3 rings (SSSR count). The van der Waals surface area contributed by atoms with E-state index in [1.54, 1.807) is 4.90 Å². The van der Waals surface area contributed by atoms with Crippen LogP contribution in [-0.4, -0.2) is 65.3 Å². The Morgan fingerprint density at radius 3 is 2.37 bits per heavy atom. The Kier molecular flexibility index (Phi) is 5.72. The van der Waals surface area contributed by atoms with Gasteiger partial charge in [0, 0.05) is 26.6 Å². The maximum atomic E-state index is 12.9. The van der Waals surface area contributed by atoms with Crippen molar-refractivity contribution < 1.29 is 19.2 Å². The summed E-state index contributed by atoms with van der Waals surface area (Å²) in [6, 6.07) is -0.441. The van der Waals surface area contributed by atoms with Crippen molar-refractivity contribution >= 4 is 23.8 Å². The van der Waals surface area contributed by atoms with Gasteiger partial charge in [0.2, 0.25) is 11.8 Å². The highest BCUT2D eigenvalue weighted by Gasteiger charge is 2.52. The number of carbonyl (C=O) groups excluding carboxylic acids is 4. The number of likely N-dealkylation sites (tertiary alicyclic amines) is 1. The summed E-state index contributed by atoms with van der Waals surface area (Å²) in [5.74, 6) is 0.459. The number of hydrogen-bond acceptors (Lipinski definition) is 4. The molecule has 0 unspecified atom stereocenters. The van der Waals surface area contributed by atoms with Gasteiger partial charge in [-0.25, -0.2) is 4.79 Å². The van der Waals surface area contributed by atoms with Gasteiger partial charge < -0.3 is 15.5 Å². The molecule has 0 radical (unpaired) electrons. The normalized spacial score (nSPS) is 29.2. The zero-order valence-corrected chi connectivity index (χ0v) is 16.3. The van der Waals surface area contributed by atoms with Gasteiger partial charge in [0.15, 0.2) is 0 Å². The molecule has 2 N–H and O–H groups in total. The highest BCUT2D eigenvalue weighted by molar-refractivity contribution is 6.09. The standard InChI is InChI=1S/C19H30N4O4/c1-13-3-7-19(8-4-13)17(26)23(18(27)21-19)12-16(25)22-9-5-15(6-10-22)11-20-14(2)24/h13,15H,3-12H2,1-2H3,(H,20,24)(H,21,27). The number of nitrogens with zero attached hydrogens (tertiary/aromatic N) is 2. The third-order valence-corrected chi connectivity index (χ3v) is 6.27. The van der Waals surface area contributed by atoms with E-state index in [4.69, 9.17) is 0 Å². The summed E-state index contributed by atoms with van der Waals surface area (Å²) < 4.78 is 0. The smallest absolute Gasteiger partial charge is 0.325 e. The summed E-state index contributed by atoms with van der Waals surface area (Å²) in [7, 11) is 0. The van der Waals surface area contributed by atoms with Gasteiger partial charge in [0.1, 0.15) is 12.1 Å². The SMILES string of the molecule is CC(=O)NCC1CCN(C(=O)CN2C(=O)NC3(CCC(C)CC3)C2=O)CC1. The fourth-order valence-corrected chi connectivity index (χ4v) is 4.32. The number of carbonyl (C=O) groups is 4. The van der Waals surface area contributed by atoms with Crippen LogP contribution in [0, 0.1) is 11.8 Å². The molecule has 2 heterocycles. The fraction of sp³-hybridized carbons (Fsp3) is 0.789. The first-order valence-electron chi connectivity index (χ1n) is 9.97. The minimum Gasteiger partial charge on any atom is -0.356 e. The van der Waals surface area contributed by atoms with E-state index in [1.165, 1.54) is 6.92 Å². The highest BCUT2D eigenvalue weighted by atomic mass is 16.2. The van der Waals surface area contributed by atoms with Crippen LogP contribution in [0.2, 0.25) is 0 Å². The van der Waals surface area contributed by atoms with Crippen LogP contribution < -0.4 is 10.6 Å². The predicted molar refractivity (Wildman–Crippen MR) is 98.6 cm³/mol. The molecule has 8 nitrogen and oxygen atoms in total. The molecular weight excluding hydrogens is 348 g/mol. The van der Waals surface area contributed by atoms with E-state index < -0.39 is 11.6 Å². The molecule has 1 saturated carbocycles. The lowest BCUT2D eigenvalue weighted by atomic mass is 9.77. The summed E-state index contributed by atoms with van der Waals surface area (Å²) in [6.45, 7) is 5.29. The summed E-state index contributed by atoms with van der Waals surface area (Å²) in [6.07, 6.45) is 4.75. The summed E-state index contributed by atoms with van der Waals surface area (Å²) in [5.41, 5.74) is -0.796. The van der Waals surface area contributed by atoms with Crippen LogP contribution in [0.4, 0.5) is 4.79 Å². The van der Waals surface area contributed by atoms with E-state index >= 15 is 0 Å². The lowest BCUT2D eigenvalue weighted by Crippen LogP contribution is -2.50. The second-order valence-corrected chi connectivity index (χ2v) is 8.35. The monoisotopic (exact) mass is 378 g/mol. The molecule has 5 amide bonds. The van der Waals surface area contributed by atoms with E-state index in [0.29, 0.717) is 44.3 Å². The Balaban J connectivity index is 1.52. The van der Waals surface area contributed by atoms with Crippen LogP contribution in [-0.2, 0) is 14.4 Å². The molecular formula is C19H30N4O4. The Labute approximate surface area is 160 Å². The van der Waals surface area contributed by atoms with E-state index in [0.717, 1.165) is 30.6 Å². The van der Waals surface area contributed by atoms with Gasteiger partial charge >= 0.3 is 6.03 Å². The van der Waals surface area contributed by atoms with Gasteiger partial charge in [-0.05, 0) is 50.4 Å². The first-order chi connectivity index (χ1) is 12.8. The topological polar surface area (TPSA) is 98.8 Å². The van der Waals surface area contributed by atoms with Crippen LogP contribution in [0.15, 0.2) is 0 Å². The van der Waals surface area contributed by atoms with Crippen molar-refractivity contribution in [2.45, 2.75) is 57.9 Å². The Bertz CT molecular complexity index is 619. The average molecular weight is 378 g/mol. The van der Waals surface area contributed by atoms with Crippen molar-refractivity contribution in [3.05, 3.63) is 0 Å². The van der Waals surface area contributed by atoms with Crippen LogP contribution in [0.1, 0.15) is 52.4 Å². The minimum atomic E-state index is -0.796. The van der Waals surface area contributed by atoms with Crippen molar-refractivity contribution in [2.75, 3.05) is 26.2 Å². The quantitative estimate of drug-likeness (QED) is 0.709. The first-order valence-corrected chi connectivity index (χ1v) is 9.97. The maximum Gasteiger partial charge on any atom is 0.325 e. The molecule has 0 atom stereocenters. The molecule has 0 aromatic heterocycles. The van der Waals surface area contributed by atoms with Crippen LogP contribution in [0.25, 0.3) is 0 Å². The zero-order chi connectivity index (χ0) is 19.6. The van der Waals surface area contributed by atoms with E-state index in [1.807, 2.05) is 0 Å². The lowest BCUT2D eigenvalue weighted by molar-refractivity contribution is -0.140. The zero-order valence-electron chi connectivity index (χ0n) is 16.3. The second kappa shape index (κ2) is 7.86. The number of hydrogen-bond donors (Lipinski definition) is 2. The predicted octanol–water partition coefficient (Wildman–Crippen LogP) is 0.862. The third kappa shape index (κ3) is 4.25. The third-order valence-electron chi connectivity index (χ3n) is 6.27. The molecule has 3 aliphatic rings. The first kappa shape index (κ1) is 19.6. The van der Waals surface area contributed by atoms with Crippen molar-refractivity contribution in [3.8, 4) is 0 Å². The maximum absolute atomic E-state index is 12.9. The van der Waals surface area contributed by atoms with Gasteiger partial charge in [0.25, 0.3) is 5.91 Å².